The van der Waals surface area contributed by atoms with Crippen molar-refractivity contribution in [2.24, 2.45) is 5.92 Å². The first kappa shape index (κ1) is 36.9. The zero-order valence-electron chi connectivity index (χ0n) is 32.4. The van der Waals surface area contributed by atoms with Crippen molar-refractivity contribution in [3.63, 3.8) is 0 Å². The first-order valence-electron chi connectivity index (χ1n) is 20.6. The van der Waals surface area contributed by atoms with Crippen LogP contribution in [0.3, 0.4) is 0 Å². The molecule has 10 nitrogen and oxygen atoms in total. The van der Waals surface area contributed by atoms with Gasteiger partial charge >= 0.3 is 0 Å². The zero-order valence-corrected chi connectivity index (χ0v) is 32.4. The van der Waals surface area contributed by atoms with E-state index in [2.05, 4.69) is 75.5 Å². The lowest BCUT2D eigenvalue weighted by Crippen LogP contribution is -2.55. The molecule has 0 aliphatic carbocycles. The highest BCUT2D eigenvalue weighted by Crippen LogP contribution is 2.40. The fourth-order valence-electron chi connectivity index (χ4n) is 10.1. The summed E-state index contributed by atoms with van der Waals surface area (Å²) in [6, 6.07) is 32.4. The number of hydrogen-bond donors (Lipinski definition) is 2. The Kier molecular flexibility index (Phi) is 9.90. The van der Waals surface area contributed by atoms with Crippen LogP contribution in [0.25, 0.3) is 11.1 Å². The fraction of sp³-hybridized carbons (Fsp3) is 0.362. The van der Waals surface area contributed by atoms with Crippen molar-refractivity contribution in [3.8, 4) is 5.75 Å². The highest BCUT2D eigenvalue weighted by molar-refractivity contribution is 6.23. The number of imide groups is 2. The molecular weight excluding hydrogens is 715 g/mol. The molecule has 0 spiro atoms. The molecule has 3 unspecified atom stereocenters. The van der Waals surface area contributed by atoms with Crippen molar-refractivity contribution in [2.45, 2.75) is 70.0 Å². The van der Waals surface area contributed by atoms with Crippen molar-refractivity contribution in [2.75, 3.05) is 42.5 Å². The molecule has 4 amide bonds. The first-order chi connectivity index (χ1) is 27.7. The van der Waals surface area contributed by atoms with Gasteiger partial charge in [-0.3, -0.25) is 34.3 Å². The van der Waals surface area contributed by atoms with Gasteiger partial charge in [-0.05, 0) is 115 Å². The number of nitrogens with zero attached hydrogens (tertiary/aromatic N) is 4. The lowest BCUT2D eigenvalue weighted by molar-refractivity contribution is -0.136. The van der Waals surface area contributed by atoms with Crippen molar-refractivity contribution in [1.29, 1.82) is 0 Å². The molecule has 9 rings (SSSR count). The van der Waals surface area contributed by atoms with E-state index in [1.165, 1.54) is 28.0 Å². The Bertz CT molecular complexity index is 2210. The maximum Gasteiger partial charge on any atom is 0.262 e. The SMILES string of the molecule is CCC(=C(c1ccc(O)cc1)c1ccc(N2CCC(CN3CC4CCC(C3)N4c3ccc4c(c3)C(=O)N(C3CCC(=O)NC3=O)C4=O)CC2)cc1)c1ccccc1. The smallest absolute Gasteiger partial charge is 0.262 e. The quantitative estimate of drug-likeness (QED) is 0.143. The number of carbonyl (C=O) groups is 4. The molecule has 10 heteroatoms. The van der Waals surface area contributed by atoms with Crippen LogP contribution >= 0.6 is 0 Å². The summed E-state index contributed by atoms with van der Waals surface area (Å²) < 4.78 is 0. The Morgan fingerprint density at radius 3 is 1.98 bits per heavy atom. The van der Waals surface area contributed by atoms with Gasteiger partial charge in [0.1, 0.15) is 11.8 Å². The van der Waals surface area contributed by atoms with E-state index in [0.29, 0.717) is 29.1 Å². The summed E-state index contributed by atoms with van der Waals surface area (Å²) in [6.07, 6.45) is 5.62. The molecule has 4 aromatic rings. The highest BCUT2D eigenvalue weighted by Gasteiger charge is 2.46. The molecule has 57 heavy (non-hydrogen) atoms. The number of hydrogen-bond acceptors (Lipinski definition) is 8. The van der Waals surface area contributed by atoms with Gasteiger partial charge < -0.3 is 14.9 Å². The summed E-state index contributed by atoms with van der Waals surface area (Å²) in [4.78, 5) is 59.7. The minimum absolute atomic E-state index is 0.105. The van der Waals surface area contributed by atoms with Crippen LogP contribution in [0.1, 0.15) is 89.3 Å². The number of anilines is 2. The second-order valence-electron chi connectivity index (χ2n) is 16.3. The summed E-state index contributed by atoms with van der Waals surface area (Å²) >= 11 is 0. The van der Waals surface area contributed by atoms with Gasteiger partial charge in [0.05, 0.1) is 11.1 Å². The molecule has 3 atom stereocenters. The Labute approximate surface area is 333 Å². The number of carbonyl (C=O) groups excluding carboxylic acids is 4. The van der Waals surface area contributed by atoms with E-state index in [-0.39, 0.29) is 24.5 Å². The van der Waals surface area contributed by atoms with E-state index < -0.39 is 23.8 Å². The fourth-order valence-corrected chi connectivity index (χ4v) is 10.1. The molecule has 2 N–H and O–H groups in total. The molecule has 4 saturated heterocycles. The van der Waals surface area contributed by atoms with Crippen LogP contribution < -0.4 is 15.1 Å². The minimum Gasteiger partial charge on any atom is -0.508 e. The third kappa shape index (κ3) is 7.01. The monoisotopic (exact) mass is 763 g/mol. The van der Waals surface area contributed by atoms with Gasteiger partial charge in [0.25, 0.3) is 11.8 Å². The van der Waals surface area contributed by atoms with E-state index in [1.807, 2.05) is 30.3 Å². The minimum atomic E-state index is -0.960. The number of phenols is 1. The number of fused-ring (bicyclic) bond motifs is 3. The van der Waals surface area contributed by atoms with Gasteiger partial charge in [-0.25, -0.2) is 0 Å². The molecule has 2 bridgehead atoms. The average Bonchev–Trinajstić information content (AvgIpc) is 3.64. The number of allylic oxidation sites excluding steroid dienone is 1. The Morgan fingerprint density at radius 2 is 1.33 bits per heavy atom. The number of aromatic hydroxyl groups is 1. The van der Waals surface area contributed by atoms with Crippen molar-refractivity contribution < 1.29 is 24.3 Å². The third-order valence-electron chi connectivity index (χ3n) is 12.9. The largest absolute Gasteiger partial charge is 0.508 e. The summed E-state index contributed by atoms with van der Waals surface area (Å²) in [6.45, 7) is 7.30. The zero-order chi connectivity index (χ0) is 39.2. The number of benzene rings is 4. The number of piperazine rings is 1. The van der Waals surface area contributed by atoms with Gasteiger partial charge in [-0.1, -0.05) is 61.5 Å². The second-order valence-corrected chi connectivity index (χ2v) is 16.3. The molecule has 5 heterocycles. The van der Waals surface area contributed by atoms with Crippen LogP contribution in [0.4, 0.5) is 11.4 Å². The number of piperidine rings is 2. The predicted octanol–water partition coefficient (Wildman–Crippen LogP) is 6.73. The standard InChI is InChI=1S/C47H49N5O5/c1-2-39(31-6-4-3-5-7-31)44(33-10-17-38(53)18-11-33)32-8-12-34(13-9-32)50-24-22-30(23-25-50)27-49-28-36-14-15-37(29-49)51(36)35-16-19-40-41(26-35)47(57)52(46(40)56)42-20-21-43(54)48-45(42)55/h3-13,16-19,26,30,36-37,42,53H,2,14-15,20-25,27-29H2,1H3,(H,48,54,55). The van der Waals surface area contributed by atoms with E-state index in [1.54, 1.807) is 18.2 Å². The molecule has 5 aliphatic heterocycles. The first-order valence-corrected chi connectivity index (χ1v) is 20.6. The number of rotatable bonds is 9. The maximum absolute atomic E-state index is 13.5. The molecule has 5 aliphatic rings. The van der Waals surface area contributed by atoms with Crippen LogP contribution in [-0.2, 0) is 9.59 Å². The van der Waals surface area contributed by atoms with Crippen molar-refractivity contribution in [1.82, 2.24) is 15.1 Å². The topological polar surface area (TPSA) is 114 Å². The van der Waals surface area contributed by atoms with E-state index in [4.69, 9.17) is 0 Å². The molecule has 4 aromatic carbocycles. The van der Waals surface area contributed by atoms with Crippen molar-refractivity contribution >= 4 is 46.1 Å². The predicted molar refractivity (Wildman–Crippen MR) is 221 cm³/mol. The van der Waals surface area contributed by atoms with E-state index in [9.17, 15) is 24.3 Å². The van der Waals surface area contributed by atoms with Crippen LogP contribution in [0, 0.1) is 5.92 Å². The normalized spacial score (nSPS) is 23.2. The maximum atomic E-state index is 13.5. The van der Waals surface area contributed by atoms with Gasteiger partial charge in [0.2, 0.25) is 11.8 Å². The molecular formula is C47H49N5O5. The van der Waals surface area contributed by atoms with E-state index >= 15 is 0 Å². The van der Waals surface area contributed by atoms with Gasteiger partial charge in [0.15, 0.2) is 0 Å². The molecule has 292 valence electrons. The number of amides is 4. The average molecular weight is 764 g/mol. The summed E-state index contributed by atoms with van der Waals surface area (Å²) in [5, 5.41) is 12.3. The van der Waals surface area contributed by atoms with Crippen molar-refractivity contribution in [3.05, 3.63) is 125 Å². The molecule has 0 aromatic heterocycles. The molecule has 4 fully saturated rings. The molecule has 0 radical (unpaired) electrons. The van der Waals surface area contributed by atoms with Gasteiger partial charge in [-0.15, -0.1) is 0 Å². The third-order valence-corrected chi connectivity index (χ3v) is 12.9. The summed E-state index contributed by atoms with van der Waals surface area (Å²) in [5.74, 6) is -0.987. The number of nitrogens with one attached hydrogen (secondary N) is 1. The van der Waals surface area contributed by atoms with E-state index in [0.717, 1.165) is 81.0 Å². The van der Waals surface area contributed by atoms with Gasteiger partial charge in [0, 0.05) is 62.6 Å². The Hall–Kier alpha value is -5.74. The van der Waals surface area contributed by atoms with Gasteiger partial charge in [-0.2, -0.15) is 0 Å². The van der Waals surface area contributed by atoms with Crippen LogP contribution in [0.5, 0.6) is 5.75 Å². The number of likely N-dealkylation sites (tertiary alicyclic amines) is 1. The number of phenolic OH excluding ortho intramolecular Hbond substituents is 1. The Balaban J connectivity index is 0.828. The lowest BCUT2D eigenvalue weighted by atomic mass is 9.88. The van der Waals surface area contributed by atoms with Crippen LogP contribution in [0.15, 0.2) is 97.1 Å². The summed E-state index contributed by atoms with van der Waals surface area (Å²) in [5.41, 5.74) is 8.83. The second kappa shape index (κ2) is 15.3. The van der Waals surface area contributed by atoms with Crippen LogP contribution in [0.2, 0.25) is 0 Å². The Morgan fingerprint density at radius 1 is 0.702 bits per heavy atom. The lowest BCUT2D eigenvalue weighted by Gasteiger charge is -2.44. The molecule has 0 saturated carbocycles. The van der Waals surface area contributed by atoms with Crippen LogP contribution in [-0.4, -0.2) is 89.4 Å². The summed E-state index contributed by atoms with van der Waals surface area (Å²) in [7, 11) is 0. The highest BCUT2D eigenvalue weighted by atomic mass is 16.3.